The molecule has 138 valence electrons. The van der Waals surface area contributed by atoms with Gasteiger partial charge >= 0.3 is 6.03 Å². The lowest BCUT2D eigenvalue weighted by Crippen LogP contribution is -2.49. The Hall–Kier alpha value is -1.96. The van der Waals surface area contributed by atoms with Gasteiger partial charge in [0.1, 0.15) is 0 Å². The van der Waals surface area contributed by atoms with Crippen molar-refractivity contribution in [3.8, 4) is 0 Å². The van der Waals surface area contributed by atoms with Crippen LogP contribution >= 0.6 is 0 Å². The molecule has 2 amide bonds. The average Bonchev–Trinajstić information content (AvgIpc) is 2.57. The third-order valence-electron chi connectivity index (χ3n) is 4.42. The Morgan fingerprint density at radius 3 is 2.60 bits per heavy atom. The number of nitrogens with one attached hydrogen (secondary N) is 1. The molecule has 1 atom stereocenters. The van der Waals surface area contributed by atoms with Crippen molar-refractivity contribution in [2.45, 2.75) is 13.0 Å². The van der Waals surface area contributed by atoms with E-state index >= 15 is 0 Å². The third kappa shape index (κ3) is 6.12. The van der Waals surface area contributed by atoms with Crippen molar-refractivity contribution in [3.05, 3.63) is 29.8 Å². The first-order valence-corrected chi connectivity index (χ1v) is 8.57. The first-order valence-electron chi connectivity index (χ1n) is 8.57. The number of aliphatic hydroxyl groups excluding tert-OH is 1. The molecular formula is C18H28N4O3. The average molecular weight is 348 g/mol. The second kappa shape index (κ2) is 8.94. The number of β-amino-alcohol motifs (C(OH)–C–C–N with tert-alkyl or cyclic N) is 1. The molecule has 1 aromatic carbocycles. The van der Waals surface area contributed by atoms with E-state index in [1.165, 1.54) is 11.8 Å². The van der Waals surface area contributed by atoms with Gasteiger partial charge in [0.05, 0.1) is 6.10 Å². The highest BCUT2D eigenvalue weighted by molar-refractivity contribution is 5.96. The van der Waals surface area contributed by atoms with Gasteiger partial charge < -0.3 is 20.2 Å². The van der Waals surface area contributed by atoms with Gasteiger partial charge in [-0.1, -0.05) is 12.1 Å². The van der Waals surface area contributed by atoms with Gasteiger partial charge in [0, 0.05) is 57.6 Å². The van der Waals surface area contributed by atoms with Crippen molar-refractivity contribution in [1.29, 1.82) is 0 Å². The van der Waals surface area contributed by atoms with E-state index < -0.39 is 6.10 Å². The number of aliphatic hydroxyl groups is 1. The number of Topliss-reactive ketones (excluding diaryl/α,β-unsaturated/α-hetero) is 1. The monoisotopic (exact) mass is 348 g/mol. The molecule has 0 saturated carbocycles. The van der Waals surface area contributed by atoms with Crippen molar-refractivity contribution in [3.63, 3.8) is 0 Å². The fourth-order valence-corrected chi connectivity index (χ4v) is 2.82. The number of rotatable bonds is 6. The summed E-state index contributed by atoms with van der Waals surface area (Å²) in [5.41, 5.74) is 1.12. The summed E-state index contributed by atoms with van der Waals surface area (Å²) in [6.07, 6.45) is -0.595. The highest BCUT2D eigenvalue weighted by Crippen LogP contribution is 2.12. The Morgan fingerprint density at radius 1 is 1.28 bits per heavy atom. The molecule has 0 radical (unpaired) electrons. The molecule has 1 aliphatic heterocycles. The molecule has 1 fully saturated rings. The summed E-state index contributed by atoms with van der Waals surface area (Å²) in [5.74, 6) is -0.0490. The highest BCUT2D eigenvalue weighted by atomic mass is 16.3. The van der Waals surface area contributed by atoms with Crippen LogP contribution in [0.1, 0.15) is 17.3 Å². The van der Waals surface area contributed by atoms with Gasteiger partial charge in [-0.15, -0.1) is 0 Å². The number of benzene rings is 1. The normalized spacial score (nSPS) is 17.1. The number of likely N-dealkylation sites (N-methyl/N-ethyl adjacent to an activating group) is 2. The molecular weight excluding hydrogens is 320 g/mol. The lowest BCUT2D eigenvalue weighted by atomic mass is 10.1. The van der Waals surface area contributed by atoms with Crippen LogP contribution in [0.3, 0.4) is 0 Å². The molecule has 1 aromatic rings. The minimum atomic E-state index is -0.595. The van der Waals surface area contributed by atoms with Crippen molar-refractivity contribution in [2.75, 3.05) is 58.7 Å². The Kier molecular flexibility index (Phi) is 6.92. The second-order valence-corrected chi connectivity index (χ2v) is 6.71. The first kappa shape index (κ1) is 19.4. The molecule has 1 aliphatic rings. The van der Waals surface area contributed by atoms with Crippen LogP contribution in [-0.4, -0.2) is 91.1 Å². The molecule has 0 aliphatic carbocycles. The molecule has 0 unspecified atom stereocenters. The van der Waals surface area contributed by atoms with E-state index in [0.29, 0.717) is 17.8 Å². The topological polar surface area (TPSA) is 76.1 Å². The third-order valence-corrected chi connectivity index (χ3v) is 4.42. The van der Waals surface area contributed by atoms with Gasteiger partial charge in [-0.3, -0.25) is 9.69 Å². The van der Waals surface area contributed by atoms with Crippen molar-refractivity contribution in [1.82, 2.24) is 14.7 Å². The molecule has 7 nitrogen and oxygen atoms in total. The molecule has 1 heterocycles. The van der Waals surface area contributed by atoms with Gasteiger partial charge in [-0.05, 0) is 26.1 Å². The van der Waals surface area contributed by atoms with Crippen LogP contribution in [0.2, 0.25) is 0 Å². The quantitative estimate of drug-likeness (QED) is 0.749. The van der Waals surface area contributed by atoms with Crippen molar-refractivity contribution >= 4 is 17.5 Å². The van der Waals surface area contributed by atoms with E-state index in [-0.39, 0.29) is 18.4 Å². The van der Waals surface area contributed by atoms with Crippen LogP contribution in [0.15, 0.2) is 24.3 Å². The number of amides is 2. The minimum absolute atomic E-state index is 0.0490. The molecule has 2 N–H and O–H groups in total. The van der Waals surface area contributed by atoms with E-state index in [0.717, 1.165) is 26.2 Å². The number of carbonyl (C=O) groups excluding carboxylic acids is 2. The van der Waals surface area contributed by atoms with Gasteiger partial charge in [-0.25, -0.2) is 4.79 Å². The Labute approximate surface area is 149 Å². The zero-order valence-electron chi connectivity index (χ0n) is 15.2. The zero-order chi connectivity index (χ0) is 18.4. The predicted molar refractivity (Wildman–Crippen MR) is 98.0 cm³/mol. The molecule has 0 aromatic heterocycles. The second-order valence-electron chi connectivity index (χ2n) is 6.71. The van der Waals surface area contributed by atoms with Crippen LogP contribution in [0, 0.1) is 0 Å². The number of nitrogens with zero attached hydrogens (tertiary/aromatic N) is 3. The number of carbonyl (C=O) groups is 2. The zero-order valence-corrected chi connectivity index (χ0v) is 15.2. The number of hydrogen-bond donors (Lipinski definition) is 2. The Morgan fingerprint density at radius 2 is 1.96 bits per heavy atom. The minimum Gasteiger partial charge on any atom is -0.390 e. The summed E-state index contributed by atoms with van der Waals surface area (Å²) < 4.78 is 0. The number of hydrogen-bond acceptors (Lipinski definition) is 5. The number of urea groups is 1. The summed E-state index contributed by atoms with van der Waals surface area (Å²) in [5, 5.41) is 13.0. The summed E-state index contributed by atoms with van der Waals surface area (Å²) in [6, 6.07) is 6.52. The maximum atomic E-state index is 12.3. The lowest BCUT2D eigenvalue weighted by molar-refractivity contribution is 0.0670. The Balaban J connectivity index is 1.81. The summed E-state index contributed by atoms with van der Waals surface area (Å²) in [7, 11) is 3.74. The fraction of sp³-hybridized carbons (Fsp3) is 0.556. The molecule has 0 spiro atoms. The summed E-state index contributed by atoms with van der Waals surface area (Å²) in [4.78, 5) is 29.6. The van der Waals surface area contributed by atoms with E-state index in [1.807, 2.05) is 0 Å². The van der Waals surface area contributed by atoms with Crippen LogP contribution in [0.25, 0.3) is 0 Å². The molecule has 1 saturated heterocycles. The van der Waals surface area contributed by atoms with E-state index in [1.54, 1.807) is 31.3 Å². The van der Waals surface area contributed by atoms with E-state index in [2.05, 4.69) is 22.2 Å². The van der Waals surface area contributed by atoms with Crippen LogP contribution in [0.4, 0.5) is 10.5 Å². The maximum Gasteiger partial charge on any atom is 0.321 e. The number of ketones is 1. The van der Waals surface area contributed by atoms with Gasteiger partial charge in [0.25, 0.3) is 0 Å². The summed E-state index contributed by atoms with van der Waals surface area (Å²) in [6.45, 7) is 6.16. The van der Waals surface area contributed by atoms with Crippen LogP contribution in [0.5, 0.6) is 0 Å². The smallest absolute Gasteiger partial charge is 0.321 e. The predicted octanol–water partition coefficient (Wildman–Crippen LogP) is 0.961. The van der Waals surface area contributed by atoms with Crippen molar-refractivity contribution in [2.24, 2.45) is 0 Å². The van der Waals surface area contributed by atoms with Crippen LogP contribution in [-0.2, 0) is 0 Å². The first-order chi connectivity index (χ1) is 11.8. The van der Waals surface area contributed by atoms with Crippen molar-refractivity contribution < 1.29 is 14.7 Å². The summed E-state index contributed by atoms with van der Waals surface area (Å²) >= 11 is 0. The molecule has 0 bridgehead atoms. The fourth-order valence-electron chi connectivity index (χ4n) is 2.82. The SMILES string of the molecule is CC(=O)c1cccc(NC(=O)N(C)C[C@H](O)CN2CCN(C)CC2)c1. The van der Waals surface area contributed by atoms with Gasteiger partial charge in [0.2, 0.25) is 0 Å². The van der Waals surface area contributed by atoms with Crippen LogP contribution < -0.4 is 5.32 Å². The van der Waals surface area contributed by atoms with Gasteiger partial charge in [-0.2, -0.15) is 0 Å². The van der Waals surface area contributed by atoms with E-state index in [9.17, 15) is 14.7 Å². The largest absolute Gasteiger partial charge is 0.390 e. The molecule has 25 heavy (non-hydrogen) atoms. The number of piperazine rings is 1. The molecule has 7 heteroatoms. The standard InChI is InChI=1S/C18H28N4O3/c1-14(23)15-5-4-6-16(11-15)19-18(25)21(3)12-17(24)13-22-9-7-20(2)8-10-22/h4-6,11,17,24H,7-10,12-13H2,1-3H3,(H,19,25)/t17-/m0/s1. The highest BCUT2D eigenvalue weighted by Gasteiger charge is 2.19. The Bertz CT molecular complexity index is 600. The number of anilines is 1. The molecule has 2 rings (SSSR count). The van der Waals surface area contributed by atoms with Gasteiger partial charge in [0.15, 0.2) is 5.78 Å². The lowest BCUT2D eigenvalue weighted by Gasteiger charge is -2.34. The van der Waals surface area contributed by atoms with E-state index in [4.69, 9.17) is 0 Å². The maximum absolute atomic E-state index is 12.3.